The van der Waals surface area contributed by atoms with Gasteiger partial charge in [0.05, 0.1) is 0 Å². The number of ether oxygens (including phenoxy) is 2. The Hall–Kier alpha value is -4.12. The highest BCUT2D eigenvalue weighted by Crippen LogP contribution is 2.40. The maximum atomic E-state index is 5.81. The molecule has 3 aliphatic rings. The van der Waals surface area contributed by atoms with Crippen LogP contribution in [0.2, 0.25) is 0 Å². The molecule has 0 saturated carbocycles. The zero-order chi connectivity index (χ0) is 33.9. The van der Waals surface area contributed by atoms with Crippen LogP contribution in [0.25, 0.3) is 0 Å². The minimum absolute atomic E-state index is 0.00170. The Morgan fingerprint density at radius 2 is 0.851 bits per heavy atom. The molecule has 4 nitrogen and oxygen atoms in total. The minimum Gasteiger partial charge on any atom is -0.365 e. The first-order chi connectivity index (χ1) is 22.3. The van der Waals surface area contributed by atoms with Gasteiger partial charge in [0.25, 0.3) is 0 Å². The van der Waals surface area contributed by atoms with Gasteiger partial charge < -0.3 is 9.47 Å². The Labute approximate surface area is 282 Å². The molecule has 0 unspecified atom stereocenters. The van der Waals surface area contributed by atoms with Crippen molar-refractivity contribution in [1.82, 2.24) is 9.97 Å². The first kappa shape index (κ1) is 34.2. The highest BCUT2D eigenvalue weighted by molar-refractivity contribution is 5.46. The van der Waals surface area contributed by atoms with Crippen molar-refractivity contribution in [3.05, 3.63) is 167 Å². The number of aryl methyl sites for hydroxylation is 2. The van der Waals surface area contributed by atoms with E-state index in [1.165, 1.54) is 11.1 Å². The van der Waals surface area contributed by atoms with Gasteiger partial charge in [-0.3, -0.25) is 9.97 Å². The molecule has 3 aromatic rings. The van der Waals surface area contributed by atoms with Crippen LogP contribution in [0.5, 0.6) is 0 Å². The fourth-order valence-corrected chi connectivity index (χ4v) is 6.18. The van der Waals surface area contributed by atoms with Gasteiger partial charge in [0.1, 0.15) is 11.2 Å². The van der Waals surface area contributed by atoms with Gasteiger partial charge in [0.2, 0.25) is 0 Å². The van der Waals surface area contributed by atoms with Crippen LogP contribution in [-0.2, 0) is 31.5 Å². The summed E-state index contributed by atoms with van der Waals surface area (Å²) in [6.45, 7) is 15.2. The van der Waals surface area contributed by atoms with Gasteiger partial charge in [-0.1, -0.05) is 106 Å². The summed E-state index contributed by atoms with van der Waals surface area (Å²) in [4.78, 5) is 8.77. The zero-order valence-corrected chi connectivity index (χ0v) is 29.5. The van der Waals surface area contributed by atoms with E-state index in [0.29, 0.717) is 5.92 Å². The van der Waals surface area contributed by atoms with E-state index in [-0.39, 0.29) is 16.2 Å². The van der Waals surface area contributed by atoms with Crippen LogP contribution in [0.3, 0.4) is 0 Å². The van der Waals surface area contributed by atoms with Gasteiger partial charge >= 0.3 is 0 Å². The molecule has 0 radical (unpaired) electrons. The van der Waals surface area contributed by atoms with Crippen LogP contribution in [0, 0.1) is 25.2 Å². The molecule has 6 rings (SSSR count). The fourth-order valence-electron chi connectivity index (χ4n) is 6.18. The van der Waals surface area contributed by atoms with Crippen LogP contribution < -0.4 is 0 Å². The number of hydrogen-bond acceptors (Lipinski definition) is 4. The fraction of sp³-hybridized carbons (Fsp3) is 0.349. The molecule has 4 heteroatoms. The van der Waals surface area contributed by atoms with Crippen molar-refractivity contribution in [3.63, 3.8) is 0 Å². The number of benzene rings is 1. The van der Waals surface area contributed by atoms with Crippen LogP contribution in [0.1, 0.15) is 68.3 Å². The van der Waals surface area contributed by atoms with Crippen molar-refractivity contribution in [3.8, 4) is 0 Å². The summed E-state index contributed by atoms with van der Waals surface area (Å²) in [5.74, 6) is 0.544. The summed E-state index contributed by atoms with van der Waals surface area (Å²) < 4.78 is 11.6. The van der Waals surface area contributed by atoms with Gasteiger partial charge in [0.15, 0.2) is 0 Å². The first-order valence-electron chi connectivity index (χ1n) is 16.5. The second-order valence-corrected chi connectivity index (χ2v) is 14.2. The topological polar surface area (TPSA) is 44.2 Å². The maximum absolute atomic E-state index is 5.81. The molecule has 0 bridgehead atoms. The second-order valence-electron chi connectivity index (χ2n) is 14.2. The van der Waals surface area contributed by atoms with Crippen molar-refractivity contribution in [2.45, 2.75) is 70.5 Å². The summed E-state index contributed by atoms with van der Waals surface area (Å²) in [5.41, 5.74) is 5.54. The molecule has 3 aliphatic carbocycles. The van der Waals surface area contributed by atoms with E-state index in [2.05, 4.69) is 117 Å². The van der Waals surface area contributed by atoms with Crippen molar-refractivity contribution in [2.75, 3.05) is 14.2 Å². The van der Waals surface area contributed by atoms with E-state index in [1.54, 1.807) is 14.2 Å². The summed E-state index contributed by atoms with van der Waals surface area (Å²) in [6, 6.07) is 17.2. The SMILES string of the molecule is CC1C=CC(C)(c2ccc(C3(C)C=CC(C)(C)C=C3)cc2)C=C1.COC1(c2ccc(C)nc2)C=CC(OC)(c2ccc(C)nc2)C=C1. The van der Waals surface area contributed by atoms with Crippen molar-refractivity contribution in [2.24, 2.45) is 11.3 Å². The first-order valence-corrected chi connectivity index (χ1v) is 16.5. The molecule has 1 aromatic carbocycles. The lowest BCUT2D eigenvalue weighted by molar-refractivity contribution is 0.0418. The third-order valence-electron chi connectivity index (χ3n) is 9.90. The van der Waals surface area contributed by atoms with E-state index < -0.39 is 11.2 Å². The largest absolute Gasteiger partial charge is 0.365 e. The summed E-state index contributed by atoms with van der Waals surface area (Å²) in [6.07, 6.45) is 30.3. The zero-order valence-electron chi connectivity index (χ0n) is 29.5. The molecule has 0 atom stereocenters. The van der Waals surface area contributed by atoms with Crippen LogP contribution in [0.4, 0.5) is 0 Å². The van der Waals surface area contributed by atoms with E-state index in [0.717, 1.165) is 22.5 Å². The normalized spacial score (nSPS) is 28.1. The maximum Gasteiger partial charge on any atom is 0.131 e. The monoisotopic (exact) mass is 626 g/mol. The number of nitrogens with zero attached hydrogens (tertiary/aromatic N) is 2. The molecule has 0 spiro atoms. The Bertz CT molecular complexity index is 1610. The lowest BCUT2D eigenvalue weighted by Crippen LogP contribution is -2.33. The van der Waals surface area contributed by atoms with Gasteiger partial charge in [-0.05, 0) is 81.2 Å². The highest BCUT2D eigenvalue weighted by Gasteiger charge is 2.37. The molecule has 0 N–H and O–H groups in total. The van der Waals surface area contributed by atoms with E-state index in [4.69, 9.17) is 9.47 Å². The molecule has 244 valence electrons. The molecule has 0 saturated heterocycles. The lowest BCUT2D eigenvalue weighted by Gasteiger charge is -2.35. The molecule has 0 fully saturated rings. The quantitative estimate of drug-likeness (QED) is 0.256. The lowest BCUT2D eigenvalue weighted by atomic mass is 9.72. The number of pyridine rings is 2. The average molecular weight is 627 g/mol. The average Bonchev–Trinajstić information content (AvgIpc) is 3.09. The molecule has 0 amide bonds. The predicted molar refractivity (Wildman–Crippen MR) is 194 cm³/mol. The van der Waals surface area contributed by atoms with Gasteiger partial charge in [-0.15, -0.1) is 0 Å². The molecular weight excluding hydrogens is 576 g/mol. The molecular formula is C43H50N2O2. The minimum atomic E-state index is -0.638. The van der Waals surface area contributed by atoms with Gasteiger partial charge in [-0.2, -0.15) is 0 Å². The third kappa shape index (κ3) is 7.25. The van der Waals surface area contributed by atoms with Crippen LogP contribution in [0.15, 0.2) is 134 Å². The van der Waals surface area contributed by atoms with Crippen molar-refractivity contribution < 1.29 is 9.47 Å². The second kappa shape index (κ2) is 13.2. The van der Waals surface area contributed by atoms with Gasteiger partial charge in [-0.25, -0.2) is 0 Å². The van der Waals surface area contributed by atoms with E-state index in [1.807, 2.05) is 74.8 Å². The van der Waals surface area contributed by atoms with Crippen LogP contribution in [-0.4, -0.2) is 24.2 Å². The number of methoxy groups -OCH3 is 2. The highest BCUT2D eigenvalue weighted by atomic mass is 16.5. The predicted octanol–water partition coefficient (Wildman–Crippen LogP) is 9.72. The van der Waals surface area contributed by atoms with E-state index >= 15 is 0 Å². The number of hydrogen-bond donors (Lipinski definition) is 0. The molecule has 2 aromatic heterocycles. The smallest absolute Gasteiger partial charge is 0.131 e. The number of rotatable bonds is 6. The molecule has 0 aliphatic heterocycles. The summed E-state index contributed by atoms with van der Waals surface area (Å²) >= 11 is 0. The van der Waals surface area contributed by atoms with Crippen molar-refractivity contribution >= 4 is 0 Å². The van der Waals surface area contributed by atoms with Crippen molar-refractivity contribution in [1.29, 1.82) is 0 Å². The third-order valence-corrected chi connectivity index (χ3v) is 9.90. The Morgan fingerprint density at radius 1 is 0.489 bits per heavy atom. The van der Waals surface area contributed by atoms with Crippen LogP contribution >= 0.6 is 0 Å². The Morgan fingerprint density at radius 3 is 1.19 bits per heavy atom. The summed E-state index contributed by atoms with van der Waals surface area (Å²) in [7, 11) is 3.39. The van der Waals surface area contributed by atoms with Gasteiger partial charge in [0, 0.05) is 65.4 Å². The Balaban J connectivity index is 0.000000185. The standard InChI is InChI=1S/C23H28.C20H22N2O2/c1-18-10-12-22(4,13-11-18)19-6-8-20(9-7-19)23(5)16-14-21(2,3)15-17-23;1-15-5-7-17(13-21-15)19(23-3)9-11-20(24-4,12-10-19)18-8-6-16(2)22-14-18/h6-18H,1-5H3;5-14H,1-4H3. The molecule has 47 heavy (non-hydrogen) atoms. The Kier molecular flexibility index (Phi) is 9.59. The number of allylic oxidation sites excluding steroid dienone is 8. The number of aromatic nitrogens is 2. The molecule has 2 heterocycles. The summed E-state index contributed by atoms with van der Waals surface area (Å²) in [5, 5.41) is 0. The van der Waals surface area contributed by atoms with E-state index in [9.17, 15) is 0 Å².